The van der Waals surface area contributed by atoms with Crippen LogP contribution in [-0.2, 0) is 0 Å². The molecule has 0 saturated carbocycles. The molecule has 0 saturated heterocycles. The molecule has 1 aromatic carbocycles. The molecule has 0 radical (unpaired) electrons. The lowest BCUT2D eigenvalue weighted by molar-refractivity contribution is 0.327. The minimum Gasteiger partial charge on any atom is -0.508 e. The lowest BCUT2D eigenvalue weighted by Crippen LogP contribution is -2.22. The number of anilines is 2. The Morgan fingerprint density at radius 3 is 2.72 bits per heavy atom. The molecule has 0 aliphatic rings. The van der Waals surface area contributed by atoms with Crippen LogP contribution in [0.5, 0.6) is 5.75 Å². The summed E-state index contributed by atoms with van der Waals surface area (Å²) < 4.78 is 0. The van der Waals surface area contributed by atoms with Crippen LogP contribution in [0.2, 0.25) is 0 Å². The van der Waals surface area contributed by atoms with Crippen molar-refractivity contribution in [2.24, 2.45) is 0 Å². The van der Waals surface area contributed by atoms with Gasteiger partial charge in [0.2, 0.25) is 0 Å². The highest BCUT2D eigenvalue weighted by atomic mass is 16.3. The van der Waals surface area contributed by atoms with Crippen LogP contribution in [0.1, 0.15) is 26.2 Å². The molecule has 4 N–H and O–H groups in total. The first-order valence-electron chi connectivity index (χ1n) is 6.64. The molecule has 1 rings (SSSR count). The third-order valence-electron chi connectivity index (χ3n) is 2.96. The quantitative estimate of drug-likeness (QED) is 0.377. The number of rotatable bonds is 8. The van der Waals surface area contributed by atoms with E-state index in [1.165, 1.54) is 12.8 Å². The number of aromatic hydroxyl groups is 1. The Morgan fingerprint density at radius 2 is 2.00 bits per heavy atom. The van der Waals surface area contributed by atoms with Gasteiger partial charge in [-0.25, -0.2) is 0 Å². The predicted molar refractivity (Wildman–Crippen MR) is 78.0 cm³/mol. The van der Waals surface area contributed by atoms with Gasteiger partial charge >= 0.3 is 0 Å². The average molecular weight is 251 g/mol. The minimum absolute atomic E-state index is 0.242. The maximum Gasteiger partial charge on any atom is 0.117 e. The van der Waals surface area contributed by atoms with Gasteiger partial charge in [0.1, 0.15) is 5.75 Å². The van der Waals surface area contributed by atoms with Gasteiger partial charge in [0, 0.05) is 12.6 Å². The molecule has 0 spiro atoms. The lowest BCUT2D eigenvalue weighted by atomic mass is 10.2. The Bertz CT molecular complexity index is 355. The van der Waals surface area contributed by atoms with Crippen molar-refractivity contribution in [3.05, 3.63) is 18.2 Å². The van der Waals surface area contributed by atoms with E-state index in [-0.39, 0.29) is 5.75 Å². The van der Waals surface area contributed by atoms with Gasteiger partial charge in [-0.3, -0.25) is 0 Å². The molecule has 1 aromatic rings. The SMILES string of the molecule is CCCCN(C)CCCNc1cc(O)ccc1N. The zero-order chi connectivity index (χ0) is 13.4. The molecule has 0 bridgehead atoms. The number of phenols is 1. The zero-order valence-corrected chi connectivity index (χ0v) is 11.4. The van der Waals surface area contributed by atoms with Gasteiger partial charge in [0.15, 0.2) is 0 Å². The molecular formula is C14H25N3O. The van der Waals surface area contributed by atoms with Crippen molar-refractivity contribution in [1.29, 1.82) is 0 Å². The number of hydrogen-bond acceptors (Lipinski definition) is 4. The van der Waals surface area contributed by atoms with Crippen molar-refractivity contribution < 1.29 is 5.11 Å². The summed E-state index contributed by atoms with van der Waals surface area (Å²) in [6, 6.07) is 4.97. The van der Waals surface area contributed by atoms with Gasteiger partial charge in [0.05, 0.1) is 11.4 Å². The van der Waals surface area contributed by atoms with E-state index in [9.17, 15) is 5.11 Å². The van der Waals surface area contributed by atoms with Crippen LogP contribution < -0.4 is 11.1 Å². The monoisotopic (exact) mass is 251 g/mol. The minimum atomic E-state index is 0.242. The maximum absolute atomic E-state index is 9.38. The van der Waals surface area contributed by atoms with Gasteiger partial charge in [-0.1, -0.05) is 13.3 Å². The lowest BCUT2D eigenvalue weighted by Gasteiger charge is -2.16. The van der Waals surface area contributed by atoms with E-state index in [4.69, 9.17) is 5.73 Å². The smallest absolute Gasteiger partial charge is 0.117 e. The van der Waals surface area contributed by atoms with Crippen molar-refractivity contribution in [3.63, 3.8) is 0 Å². The molecule has 102 valence electrons. The van der Waals surface area contributed by atoms with Crippen LogP contribution in [0.25, 0.3) is 0 Å². The Labute approximate surface area is 110 Å². The molecule has 4 heteroatoms. The van der Waals surface area contributed by atoms with Crippen molar-refractivity contribution in [2.45, 2.75) is 26.2 Å². The second kappa shape index (κ2) is 7.82. The molecule has 0 aliphatic heterocycles. The fraction of sp³-hybridized carbons (Fsp3) is 0.571. The largest absolute Gasteiger partial charge is 0.508 e. The van der Waals surface area contributed by atoms with Crippen LogP contribution in [0.3, 0.4) is 0 Å². The Morgan fingerprint density at radius 1 is 1.28 bits per heavy atom. The van der Waals surface area contributed by atoms with Crippen molar-refractivity contribution in [1.82, 2.24) is 4.90 Å². The summed E-state index contributed by atoms with van der Waals surface area (Å²) in [6.07, 6.45) is 3.56. The number of hydrogen-bond donors (Lipinski definition) is 3. The van der Waals surface area contributed by atoms with Crippen LogP contribution in [0, 0.1) is 0 Å². The second-order valence-electron chi connectivity index (χ2n) is 4.71. The number of nitrogens with one attached hydrogen (secondary N) is 1. The number of unbranched alkanes of at least 4 members (excludes halogenated alkanes) is 1. The van der Waals surface area contributed by atoms with Gasteiger partial charge in [-0.15, -0.1) is 0 Å². The fourth-order valence-electron chi connectivity index (χ4n) is 1.81. The maximum atomic E-state index is 9.38. The summed E-state index contributed by atoms with van der Waals surface area (Å²) >= 11 is 0. The molecule has 18 heavy (non-hydrogen) atoms. The van der Waals surface area contributed by atoms with Gasteiger partial charge in [0.25, 0.3) is 0 Å². The number of nitrogen functional groups attached to an aromatic ring is 1. The van der Waals surface area contributed by atoms with E-state index in [0.29, 0.717) is 5.69 Å². The molecule has 0 fully saturated rings. The number of nitrogens with zero attached hydrogens (tertiary/aromatic N) is 1. The highest BCUT2D eigenvalue weighted by Crippen LogP contribution is 2.23. The van der Waals surface area contributed by atoms with E-state index in [0.717, 1.165) is 31.7 Å². The fourth-order valence-corrected chi connectivity index (χ4v) is 1.81. The molecular weight excluding hydrogens is 226 g/mol. The normalized spacial score (nSPS) is 10.8. The first kappa shape index (κ1) is 14.6. The van der Waals surface area contributed by atoms with Gasteiger partial charge in [-0.2, -0.15) is 0 Å². The number of phenolic OH excluding ortho intramolecular Hbond substituents is 1. The standard InChI is InChI=1S/C14H25N3O/c1-3-4-9-17(2)10-5-8-16-14-11-12(18)6-7-13(14)15/h6-7,11,16,18H,3-5,8-10,15H2,1-2H3. The highest BCUT2D eigenvalue weighted by molar-refractivity contribution is 5.67. The summed E-state index contributed by atoms with van der Waals surface area (Å²) in [5, 5.41) is 12.6. The van der Waals surface area contributed by atoms with E-state index in [1.54, 1.807) is 18.2 Å². The molecule has 0 heterocycles. The van der Waals surface area contributed by atoms with Crippen LogP contribution in [-0.4, -0.2) is 36.7 Å². The van der Waals surface area contributed by atoms with Crippen LogP contribution >= 0.6 is 0 Å². The topological polar surface area (TPSA) is 61.5 Å². The Hall–Kier alpha value is -1.42. The molecule has 0 aliphatic carbocycles. The summed E-state index contributed by atoms with van der Waals surface area (Å²) in [5.41, 5.74) is 7.30. The number of nitrogens with two attached hydrogens (primary N) is 1. The Balaban J connectivity index is 2.23. The van der Waals surface area contributed by atoms with E-state index in [2.05, 4.69) is 24.2 Å². The summed E-state index contributed by atoms with van der Waals surface area (Å²) in [6.45, 7) is 5.31. The van der Waals surface area contributed by atoms with Gasteiger partial charge < -0.3 is 21.1 Å². The van der Waals surface area contributed by atoms with E-state index < -0.39 is 0 Å². The highest BCUT2D eigenvalue weighted by Gasteiger charge is 2.01. The molecule has 0 atom stereocenters. The Kier molecular flexibility index (Phi) is 6.36. The molecule has 4 nitrogen and oxygen atoms in total. The summed E-state index contributed by atoms with van der Waals surface area (Å²) in [5.74, 6) is 0.242. The molecule has 0 amide bonds. The average Bonchev–Trinajstić information content (AvgIpc) is 2.36. The predicted octanol–water partition coefficient (Wildman–Crippen LogP) is 2.51. The van der Waals surface area contributed by atoms with Crippen molar-refractivity contribution in [2.75, 3.05) is 37.7 Å². The third-order valence-corrected chi connectivity index (χ3v) is 2.96. The molecule has 0 unspecified atom stereocenters. The van der Waals surface area contributed by atoms with Crippen molar-refractivity contribution >= 4 is 11.4 Å². The summed E-state index contributed by atoms with van der Waals surface area (Å²) in [4.78, 5) is 2.34. The first-order chi connectivity index (χ1) is 8.63. The zero-order valence-electron chi connectivity index (χ0n) is 11.4. The summed E-state index contributed by atoms with van der Waals surface area (Å²) in [7, 11) is 2.15. The molecule has 0 aromatic heterocycles. The second-order valence-corrected chi connectivity index (χ2v) is 4.71. The van der Waals surface area contributed by atoms with Crippen molar-refractivity contribution in [3.8, 4) is 5.75 Å². The first-order valence-corrected chi connectivity index (χ1v) is 6.64. The van der Waals surface area contributed by atoms with E-state index in [1.807, 2.05) is 0 Å². The van der Waals surface area contributed by atoms with Gasteiger partial charge in [-0.05, 0) is 45.1 Å². The van der Waals surface area contributed by atoms with Crippen LogP contribution in [0.4, 0.5) is 11.4 Å². The third kappa shape index (κ3) is 5.27. The number of benzene rings is 1. The van der Waals surface area contributed by atoms with Crippen LogP contribution in [0.15, 0.2) is 18.2 Å². The van der Waals surface area contributed by atoms with E-state index >= 15 is 0 Å².